The third kappa shape index (κ3) is 18.5. The van der Waals surface area contributed by atoms with Crippen molar-refractivity contribution >= 4 is 29.8 Å². The predicted molar refractivity (Wildman–Crippen MR) is 369 cm³/mol. The van der Waals surface area contributed by atoms with Crippen LogP contribution in [0.3, 0.4) is 0 Å². The number of hydrogen-bond acceptors (Lipinski definition) is 17. The van der Waals surface area contributed by atoms with Crippen molar-refractivity contribution in [1.82, 2.24) is 29.4 Å². The van der Waals surface area contributed by atoms with E-state index in [4.69, 9.17) is 33.2 Å². The standard InChI is InChI=1S/C33H45N3O7.3C14H19NO3/c1-4-5-16-35(17-7-6-15-34(2)3)30(37)20-36-19-25(24-12-14-27-29(18-24)42-21-40-27)31(33(38)39)26(36)13-11-23-9-8-10-28-32(23)43-22-41-28;3*1-9-13(14(16)17)12(8-15(9)2)10-4-6-11(18-3)7-5-10/h8-10,12,14,18,25-26,31H,4-7,11,13,15-17,19-22H2,1-3H3,(H,38,39);3*4-7,9,12-13H,8H2,1-3H3,(H,16,17)/t25-,26+,31-;3*9-,12+,13-/m1000/s1. The molecule has 6 heterocycles. The van der Waals surface area contributed by atoms with Crippen LogP contribution in [0, 0.1) is 23.7 Å². The molecule has 0 unspecified atom stereocenters. The first-order valence-electron chi connectivity index (χ1n) is 33.9. The fourth-order valence-electron chi connectivity index (χ4n) is 14.8. The third-order valence-electron chi connectivity index (χ3n) is 20.7. The first-order valence-corrected chi connectivity index (χ1v) is 33.9. The summed E-state index contributed by atoms with van der Waals surface area (Å²) in [6.45, 7) is 13.8. The fraction of sp³-hybridized carbons (Fsp3) is 0.533. The van der Waals surface area contributed by atoms with Crippen LogP contribution in [-0.2, 0) is 30.4 Å². The van der Waals surface area contributed by atoms with Crippen LogP contribution < -0.4 is 33.2 Å². The van der Waals surface area contributed by atoms with E-state index in [0.717, 1.165) is 109 Å². The van der Waals surface area contributed by atoms with Crippen LogP contribution in [0.5, 0.6) is 40.2 Å². The molecule has 6 aliphatic rings. The zero-order valence-electron chi connectivity index (χ0n) is 58.5. The van der Waals surface area contributed by atoms with Crippen molar-refractivity contribution in [2.24, 2.45) is 23.7 Å². The van der Waals surface area contributed by atoms with E-state index in [9.17, 15) is 44.4 Å². The molecule has 6 aliphatic heterocycles. The Morgan fingerprint density at radius 3 is 1.35 bits per heavy atom. The van der Waals surface area contributed by atoms with Crippen LogP contribution in [0.25, 0.3) is 0 Å². The van der Waals surface area contributed by atoms with Gasteiger partial charge in [0.05, 0.1) is 51.5 Å². The Morgan fingerprint density at radius 1 is 0.495 bits per heavy atom. The Labute approximate surface area is 571 Å². The van der Waals surface area contributed by atoms with Gasteiger partial charge in [-0.1, -0.05) is 67.9 Å². The lowest BCUT2D eigenvalue weighted by atomic mass is 9.83. The second-order valence-corrected chi connectivity index (χ2v) is 26.8. The highest BCUT2D eigenvalue weighted by atomic mass is 16.7. The molecule has 22 nitrogen and oxygen atoms in total. The van der Waals surface area contributed by atoms with E-state index >= 15 is 0 Å². The van der Waals surface area contributed by atoms with Crippen LogP contribution in [0.2, 0.25) is 0 Å². The lowest BCUT2D eigenvalue weighted by Gasteiger charge is -2.30. The lowest BCUT2D eigenvalue weighted by molar-refractivity contribution is -0.144. The summed E-state index contributed by atoms with van der Waals surface area (Å²) in [5.41, 5.74) is 5.08. The SMILES string of the molecule is CCCCN(CCCCN(C)C)C(=O)CN1C[C@H](c2ccc3c(c2)OCO3)[C@@H](C(=O)O)[C@@H]1CCc1cccc2c1OCO2.COc1ccc([C@H]2CN(C)[C@@H](C)[C@@H]2C(=O)O)cc1.COc1ccc([C@H]2CN(C)[C@@H](C)[C@@H]2C(=O)O)cc1.COc1ccc([C@H]2CN(C)[C@@H](C)[C@@H]2C(=O)O)cc1. The maximum Gasteiger partial charge on any atom is 0.308 e. The van der Waals surface area contributed by atoms with E-state index in [-0.39, 0.29) is 91.6 Å². The summed E-state index contributed by atoms with van der Waals surface area (Å²) in [5.74, 6) is 0.324. The first kappa shape index (κ1) is 74.6. The molecule has 4 fully saturated rings. The van der Waals surface area contributed by atoms with Crippen LogP contribution in [-0.4, -0.2) is 226 Å². The number of carboxylic acids is 4. The normalized spacial score (nSPS) is 24.9. The van der Waals surface area contributed by atoms with E-state index in [2.05, 4.69) is 45.5 Å². The van der Waals surface area contributed by atoms with Gasteiger partial charge < -0.3 is 78.1 Å². The Balaban J connectivity index is 0.000000184. The van der Waals surface area contributed by atoms with Crippen molar-refractivity contribution in [2.75, 3.05) is 123 Å². The highest BCUT2D eigenvalue weighted by Crippen LogP contribution is 2.45. The highest BCUT2D eigenvalue weighted by molar-refractivity contribution is 5.79. The number of benzene rings is 5. The van der Waals surface area contributed by atoms with Gasteiger partial charge in [0, 0.05) is 87.1 Å². The number of unbranched alkanes of at least 4 members (excludes halogenated alkanes) is 2. The Kier molecular flexibility index (Phi) is 26.8. The van der Waals surface area contributed by atoms with Gasteiger partial charge in [0.25, 0.3) is 0 Å². The van der Waals surface area contributed by atoms with Crippen molar-refractivity contribution in [3.05, 3.63) is 137 Å². The van der Waals surface area contributed by atoms with Crippen molar-refractivity contribution in [3.63, 3.8) is 0 Å². The van der Waals surface area contributed by atoms with Crippen molar-refractivity contribution in [3.8, 4) is 40.2 Å². The summed E-state index contributed by atoms with van der Waals surface area (Å²) < 4.78 is 37.8. The molecular weight excluding hydrogens is 1240 g/mol. The van der Waals surface area contributed by atoms with E-state index in [1.165, 1.54) is 0 Å². The van der Waals surface area contributed by atoms with Gasteiger partial charge in [0.1, 0.15) is 17.2 Å². The van der Waals surface area contributed by atoms with Gasteiger partial charge in [-0.2, -0.15) is 0 Å². The van der Waals surface area contributed by atoms with Gasteiger partial charge in [-0.3, -0.25) is 28.9 Å². The topological polar surface area (TPSA) is 250 Å². The molecule has 12 atom stereocenters. The van der Waals surface area contributed by atoms with Crippen molar-refractivity contribution in [1.29, 1.82) is 0 Å². The molecule has 0 saturated carbocycles. The predicted octanol–water partition coefficient (Wildman–Crippen LogP) is 9.66. The summed E-state index contributed by atoms with van der Waals surface area (Å²) in [7, 11) is 14.9. The zero-order chi connectivity index (χ0) is 70.2. The minimum Gasteiger partial charge on any atom is -0.497 e. The summed E-state index contributed by atoms with van der Waals surface area (Å²) >= 11 is 0. The average Bonchev–Trinajstić information content (AvgIpc) is 1.66. The van der Waals surface area contributed by atoms with Crippen LogP contribution in [0.15, 0.2) is 109 Å². The molecule has 5 aromatic carbocycles. The van der Waals surface area contributed by atoms with Crippen LogP contribution >= 0.6 is 0 Å². The molecule has 0 bridgehead atoms. The largest absolute Gasteiger partial charge is 0.497 e. The number of methoxy groups -OCH3 is 3. The maximum absolute atomic E-state index is 13.8. The van der Waals surface area contributed by atoms with Gasteiger partial charge in [0.15, 0.2) is 23.0 Å². The third-order valence-corrected chi connectivity index (χ3v) is 20.7. The fourth-order valence-corrected chi connectivity index (χ4v) is 14.8. The minimum absolute atomic E-state index is 0.0495. The number of carbonyl (C=O) groups is 5. The van der Waals surface area contributed by atoms with Gasteiger partial charge >= 0.3 is 23.9 Å². The molecule has 4 N–H and O–H groups in total. The number of hydrogen-bond donors (Lipinski definition) is 4. The van der Waals surface area contributed by atoms with E-state index in [1.54, 1.807) is 21.3 Å². The molecule has 1 amide bonds. The zero-order valence-corrected chi connectivity index (χ0v) is 58.5. The number of para-hydroxylation sites is 1. The number of likely N-dealkylation sites (tertiary alicyclic amines) is 4. The number of likely N-dealkylation sites (N-methyl/N-ethyl adjacent to an activating group) is 3. The first-order chi connectivity index (χ1) is 46.5. The number of fused-ring (bicyclic) bond motifs is 2. The summed E-state index contributed by atoms with van der Waals surface area (Å²) in [5, 5.41) is 38.7. The lowest BCUT2D eigenvalue weighted by Crippen LogP contribution is -2.45. The molecule has 4 saturated heterocycles. The summed E-state index contributed by atoms with van der Waals surface area (Å²) in [4.78, 5) is 73.6. The number of nitrogens with zero attached hydrogens (tertiary/aromatic N) is 6. The molecule has 97 heavy (non-hydrogen) atoms. The molecule has 0 radical (unpaired) electrons. The number of aryl methyl sites for hydroxylation is 1. The van der Waals surface area contributed by atoms with Crippen LogP contribution in [0.1, 0.15) is 111 Å². The number of rotatable bonds is 24. The number of ether oxygens (including phenoxy) is 7. The van der Waals surface area contributed by atoms with Crippen molar-refractivity contribution in [2.45, 2.75) is 114 Å². The van der Waals surface area contributed by atoms with Gasteiger partial charge in [-0.05, 0) is 177 Å². The second kappa shape index (κ2) is 34.9. The van der Waals surface area contributed by atoms with E-state index < -0.39 is 29.8 Å². The van der Waals surface area contributed by atoms with E-state index in [1.807, 2.05) is 156 Å². The Morgan fingerprint density at radius 2 is 0.907 bits per heavy atom. The number of amides is 1. The number of carboxylic acid groups (broad SMARTS) is 4. The molecule has 22 heteroatoms. The Bertz CT molecular complexity index is 3190. The smallest absolute Gasteiger partial charge is 0.308 e. The number of carbonyl (C=O) groups excluding carboxylic acids is 1. The number of aliphatic carboxylic acids is 4. The van der Waals surface area contributed by atoms with E-state index in [0.29, 0.717) is 43.2 Å². The van der Waals surface area contributed by atoms with Crippen molar-refractivity contribution < 1.29 is 77.6 Å². The Hall–Kier alpha value is -8.15. The highest BCUT2D eigenvalue weighted by Gasteiger charge is 2.49. The van der Waals surface area contributed by atoms with Gasteiger partial charge in [-0.15, -0.1) is 0 Å². The monoisotopic (exact) mass is 1340 g/mol. The van der Waals surface area contributed by atoms with Gasteiger partial charge in [0.2, 0.25) is 19.5 Å². The summed E-state index contributed by atoms with van der Waals surface area (Å²) in [6, 6.07) is 34.5. The van der Waals surface area contributed by atoms with Gasteiger partial charge in [-0.25, -0.2) is 0 Å². The second-order valence-electron chi connectivity index (χ2n) is 26.8. The summed E-state index contributed by atoms with van der Waals surface area (Å²) in [6.07, 6.45) is 5.11. The maximum atomic E-state index is 13.8. The van der Waals surface area contributed by atoms with Crippen LogP contribution in [0.4, 0.5) is 0 Å². The average molecular weight is 1340 g/mol. The molecule has 528 valence electrons. The molecule has 0 aliphatic carbocycles. The minimum atomic E-state index is -0.855. The molecule has 5 aromatic rings. The molecule has 0 spiro atoms. The molecule has 0 aromatic heterocycles. The molecule has 11 rings (SSSR count). The molecular formula is C75H102N6O16. The quantitative estimate of drug-likeness (QED) is 0.0420.